The number of hydrogen-bond acceptors (Lipinski definition) is 4. The molecule has 3 rings (SSSR count). The number of sulfone groups is 1. The van der Waals surface area contributed by atoms with E-state index in [4.69, 9.17) is 11.6 Å². The predicted octanol–water partition coefficient (Wildman–Crippen LogP) is 5.87. The third-order valence-electron chi connectivity index (χ3n) is 4.59. The monoisotopic (exact) mass is 483 g/mol. The highest BCUT2D eigenvalue weighted by molar-refractivity contribution is 7.90. The molecule has 3 aromatic rings. The Labute approximate surface area is 187 Å². The quantitative estimate of drug-likeness (QED) is 0.492. The Balaban J connectivity index is 1.86. The van der Waals surface area contributed by atoms with E-state index >= 15 is 0 Å². The van der Waals surface area contributed by atoms with Gasteiger partial charge in [-0.05, 0) is 60.0 Å². The van der Waals surface area contributed by atoms with Crippen molar-refractivity contribution in [3.63, 3.8) is 0 Å². The van der Waals surface area contributed by atoms with E-state index in [1.165, 1.54) is 42.5 Å². The summed E-state index contributed by atoms with van der Waals surface area (Å²) in [7, 11) is -3.45. The summed E-state index contributed by atoms with van der Waals surface area (Å²) in [5.74, 6) is -0.824. The van der Waals surface area contributed by atoms with E-state index in [0.29, 0.717) is 22.3 Å². The van der Waals surface area contributed by atoms with Crippen molar-refractivity contribution in [1.82, 2.24) is 0 Å². The molecule has 0 aliphatic heterocycles. The average molecular weight is 484 g/mol. The van der Waals surface area contributed by atoms with E-state index in [2.05, 4.69) is 10.1 Å². The number of carbonyl (C=O) groups excluding carboxylic acids is 1. The number of hydrogen-bond donors (Lipinski definition) is 1. The maximum Gasteiger partial charge on any atom is 0.573 e. The Morgan fingerprint density at radius 3 is 2.25 bits per heavy atom. The molecule has 0 saturated carbocycles. The molecular formula is C22H17ClF3NO4S. The van der Waals surface area contributed by atoms with E-state index in [0.717, 1.165) is 6.26 Å². The second kappa shape index (κ2) is 8.84. The fourth-order valence-electron chi connectivity index (χ4n) is 3.05. The van der Waals surface area contributed by atoms with Crippen LogP contribution in [0.15, 0.2) is 65.6 Å². The summed E-state index contributed by atoms with van der Waals surface area (Å²) in [5, 5.41) is 2.71. The molecule has 0 spiro atoms. The standard InChI is InChI=1S/C22H17ClF3NO4S/c1-13-17(14-6-8-15(9-7-14)31-22(24,25)26)4-3-5-18(13)21(28)27-20-11-10-16(12-19(20)23)32(2,29)30/h3-12H,1-2H3,(H,27,28). The highest BCUT2D eigenvalue weighted by Gasteiger charge is 2.31. The van der Waals surface area contributed by atoms with Crippen LogP contribution in [0.1, 0.15) is 15.9 Å². The molecule has 0 aliphatic rings. The summed E-state index contributed by atoms with van der Waals surface area (Å²) in [6.07, 6.45) is -3.73. The maximum atomic E-state index is 12.8. The highest BCUT2D eigenvalue weighted by Crippen LogP contribution is 2.31. The molecule has 0 unspecified atom stereocenters. The Hall–Kier alpha value is -3.04. The van der Waals surface area contributed by atoms with Crippen molar-refractivity contribution in [2.75, 3.05) is 11.6 Å². The maximum absolute atomic E-state index is 12.8. The van der Waals surface area contributed by atoms with Crippen molar-refractivity contribution in [2.24, 2.45) is 0 Å². The third kappa shape index (κ3) is 5.60. The van der Waals surface area contributed by atoms with Crippen molar-refractivity contribution >= 4 is 33.0 Å². The molecule has 0 atom stereocenters. The van der Waals surface area contributed by atoms with Crippen molar-refractivity contribution in [3.8, 4) is 16.9 Å². The lowest BCUT2D eigenvalue weighted by Gasteiger charge is -2.14. The molecule has 1 N–H and O–H groups in total. The van der Waals surface area contributed by atoms with Gasteiger partial charge in [-0.2, -0.15) is 0 Å². The van der Waals surface area contributed by atoms with Gasteiger partial charge in [-0.25, -0.2) is 8.42 Å². The van der Waals surface area contributed by atoms with E-state index in [1.54, 1.807) is 25.1 Å². The van der Waals surface area contributed by atoms with Gasteiger partial charge in [-0.3, -0.25) is 4.79 Å². The fourth-order valence-corrected chi connectivity index (χ4v) is 3.99. The smallest absolute Gasteiger partial charge is 0.406 e. The van der Waals surface area contributed by atoms with E-state index < -0.39 is 22.1 Å². The lowest BCUT2D eigenvalue weighted by atomic mass is 9.96. The molecule has 0 aliphatic carbocycles. The number of halogens is 4. The third-order valence-corrected chi connectivity index (χ3v) is 6.02. The van der Waals surface area contributed by atoms with E-state index in [9.17, 15) is 26.4 Å². The molecule has 0 radical (unpaired) electrons. The lowest BCUT2D eigenvalue weighted by molar-refractivity contribution is -0.274. The first-order valence-electron chi connectivity index (χ1n) is 9.12. The lowest BCUT2D eigenvalue weighted by Crippen LogP contribution is -2.17. The molecule has 0 aromatic heterocycles. The molecule has 0 bridgehead atoms. The summed E-state index contributed by atoms with van der Waals surface area (Å²) in [5.41, 5.74) is 2.40. The zero-order chi connectivity index (χ0) is 23.7. The Morgan fingerprint density at radius 2 is 1.69 bits per heavy atom. The second-order valence-electron chi connectivity index (χ2n) is 6.92. The van der Waals surface area contributed by atoms with Crippen LogP contribution in [0.4, 0.5) is 18.9 Å². The van der Waals surface area contributed by atoms with Crippen molar-refractivity contribution in [2.45, 2.75) is 18.2 Å². The summed E-state index contributed by atoms with van der Waals surface area (Å²) < 4.78 is 64.2. The Morgan fingerprint density at radius 1 is 1.03 bits per heavy atom. The van der Waals surface area contributed by atoms with Gasteiger partial charge in [0.2, 0.25) is 0 Å². The summed E-state index contributed by atoms with van der Waals surface area (Å²) in [6.45, 7) is 1.71. The molecule has 32 heavy (non-hydrogen) atoms. The number of rotatable bonds is 5. The Bertz CT molecular complexity index is 1270. The van der Waals surface area contributed by atoms with Crippen molar-refractivity contribution in [3.05, 3.63) is 76.8 Å². The van der Waals surface area contributed by atoms with Crippen molar-refractivity contribution in [1.29, 1.82) is 0 Å². The van der Waals surface area contributed by atoms with Crippen molar-refractivity contribution < 1.29 is 31.1 Å². The zero-order valence-electron chi connectivity index (χ0n) is 16.8. The minimum atomic E-state index is -4.78. The van der Waals surface area contributed by atoms with Gasteiger partial charge in [0.15, 0.2) is 9.84 Å². The number of alkyl halides is 3. The van der Waals surface area contributed by atoms with E-state index in [1.807, 2.05) is 0 Å². The summed E-state index contributed by atoms with van der Waals surface area (Å²) in [4.78, 5) is 12.9. The largest absolute Gasteiger partial charge is 0.573 e. The molecule has 0 heterocycles. The molecule has 1 amide bonds. The molecular weight excluding hydrogens is 467 g/mol. The van der Waals surface area contributed by atoms with Gasteiger partial charge >= 0.3 is 6.36 Å². The molecule has 168 valence electrons. The van der Waals surface area contributed by atoms with Crippen LogP contribution < -0.4 is 10.1 Å². The number of ether oxygens (including phenoxy) is 1. The first kappa shape index (κ1) is 23.6. The summed E-state index contributed by atoms with van der Waals surface area (Å²) >= 11 is 6.12. The number of carbonyl (C=O) groups is 1. The molecule has 0 fully saturated rings. The van der Waals surface area contributed by atoms with Crippen LogP contribution in [0.25, 0.3) is 11.1 Å². The average Bonchev–Trinajstić information content (AvgIpc) is 2.68. The van der Waals surface area contributed by atoms with Crippen LogP contribution >= 0.6 is 11.6 Å². The first-order chi connectivity index (χ1) is 14.8. The highest BCUT2D eigenvalue weighted by atomic mass is 35.5. The number of benzene rings is 3. The molecule has 3 aromatic carbocycles. The Kier molecular flexibility index (Phi) is 6.52. The van der Waals surface area contributed by atoms with Crippen LogP contribution in [-0.2, 0) is 9.84 Å². The number of amides is 1. The van der Waals surface area contributed by atoms with Gasteiger partial charge in [-0.1, -0.05) is 35.9 Å². The van der Waals surface area contributed by atoms with Crippen LogP contribution in [0.2, 0.25) is 5.02 Å². The zero-order valence-corrected chi connectivity index (χ0v) is 18.4. The van der Waals surface area contributed by atoms with Gasteiger partial charge in [0.05, 0.1) is 15.6 Å². The van der Waals surface area contributed by atoms with E-state index in [-0.39, 0.29) is 21.4 Å². The normalized spacial score (nSPS) is 11.8. The fraction of sp³-hybridized carbons (Fsp3) is 0.136. The SMILES string of the molecule is Cc1c(C(=O)Nc2ccc(S(C)(=O)=O)cc2Cl)cccc1-c1ccc(OC(F)(F)F)cc1. The number of anilines is 1. The molecule has 10 heteroatoms. The summed E-state index contributed by atoms with van der Waals surface area (Å²) in [6, 6.07) is 14.3. The number of nitrogens with one attached hydrogen (secondary N) is 1. The van der Waals surface area contributed by atoms with Gasteiger partial charge < -0.3 is 10.1 Å². The van der Waals surface area contributed by atoms with Crippen LogP contribution in [0, 0.1) is 6.92 Å². The first-order valence-corrected chi connectivity index (χ1v) is 11.4. The second-order valence-corrected chi connectivity index (χ2v) is 9.34. The van der Waals surface area contributed by atoms with Gasteiger partial charge in [0.25, 0.3) is 5.91 Å². The van der Waals surface area contributed by atoms with Gasteiger partial charge in [0, 0.05) is 11.8 Å². The molecule has 5 nitrogen and oxygen atoms in total. The van der Waals surface area contributed by atoms with Crippen LogP contribution in [0.3, 0.4) is 0 Å². The van der Waals surface area contributed by atoms with Crippen LogP contribution in [0.5, 0.6) is 5.75 Å². The minimum Gasteiger partial charge on any atom is -0.406 e. The van der Waals surface area contributed by atoms with Crippen LogP contribution in [-0.4, -0.2) is 26.9 Å². The van der Waals surface area contributed by atoms with Gasteiger partial charge in [0.1, 0.15) is 5.75 Å². The molecule has 0 saturated heterocycles. The predicted molar refractivity (Wildman–Crippen MR) is 116 cm³/mol. The topological polar surface area (TPSA) is 72.5 Å². The minimum absolute atomic E-state index is 0.0247. The van der Waals surface area contributed by atoms with Gasteiger partial charge in [-0.15, -0.1) is 13.2 Å².